The lowest BCUT2D eigenvalue weighted by atomic mass is 10.0. The molecule has 2 aromatic carbocycles. The highest BCUT2D eigenvalue weighted by molar-refractivity contribution is 6.06. The van der Waals surface area contributed by atoms with E-state index in [0.29, 0.717) is 28.9 Å². The summed E-state index contributed by atoms with van der Waals surface area (Å²) in [6.45, 7) is 2.22. The molecule has 2 heterocycles. The van der Waals surface area contributed by atoms with Crippen LogP contribution in [0.4, 0.5) is 4.39 Å². The number of hydrogen-bond donors (Lipinski definition) is 2. The molecule has 0 atom stereocenters. The zero-order valence-corrected chi connectivity index (χ0v) is 14.9. The van der Waals surface area contributed by atoms with Crippen LogP contribution in [0.5, 0.6) is 0 Å². The molecule has 1 saturated carbocycles. The number of carbonyl (C=O) groups is 1. The van der Waals surface area contributed by atoms with E-state index in [1.807, 2.05) is 12.1 Å². The molecule has 1 fully saturated rings. The molecule has 0 unspecified atom stereocenters. The Morgan fingerprint density at radius 2 is 1.96 bits per heavy atom. The van der Waals surface area contributed by atoms with Crippen molar-refractivity contribution in [2.24, 2.45) is 0 Å². The second-order valence-corrected chi connectivity index (χ2v) is 7.42. The van der Waals surface area contributed by atoms with Crippen LogP contribution in [0.25, 0.3) is 10.9 Å². The number of benzene rings is 2. The average Bonchev–Trinajstić information content (AvgIpc) is 3.43. The smallest absolute Gasteiger partial charge is 0.252 e. The maximum Gasteiger partial charge on any atom is 0.252 e. The number of hydrogen-bond acceptors (Lipinski definition) is 3. The minimum absolute atomic E-state index is 0.187. The van der Waals surface area contributed by atoms with E-state index in [1.54, 1.807) is 6.07 Å². The van der Waals surface area contributed by atoms with Crippen molar-refractivity contribution in [2.75, 3.05) is 0 Å². The quantitative estimate of drug-likeness (QED) is 0.743. The lowest BCUT2D eigenvalue weighted by Gasteiger charge is -2.11. The largest absolute Gasteiger partial charge is 0.348 e. The monoisotopic (exact) mass is 361 g/mol. The molecule has 2 aliphatic rings. The van der Waals surface area contributed by atoms with Gasteiger partial charge in [0, 0.05) is 36.6 Å². The number of rotatable bonds is 4. The molecule has 3 aromatic rings. The summed E-state index contributed by atoms with van der Waals surface area (Å²) in [6, 6.07) is 12.6. The van der Waals surface area contributed by atoms with Gasteiger partial charge in [0.1, 0.15) is 5.82 Å². The van der Waals surface area contributed by atoms with E-state index in [0.717, 1.165) is 37.2 Å². The van der Waals surface area contributed by atoms with E-state index >= 15 is 0 Å². The molecule has 27 heavy (non-hydrogen) atoms. The van der Waals surface area contributed by atoms with Gasteiger partial charge in [0.25, 0.3) is 5.91 Å². The Hall–Kier alpha value is -2.79. The van der Waals surface area contributed by atoms with Crippen molar-refractivity contribution >= 4 is 16.8 Å². The molecule has 0 saturated heterocycles. The van der Waals surface area contributed by atoms with Crippen LogP contribution in [-0.4, -0.2) is 10.9 Å². The number of nitrogens with one attached hydrogen (secondary N) is 2. The fraction of sp³-hybridized carbons (Fsp3) is 0.273. The van der Waals surface area contributed by atoms with Crippen LogP contribution in [0.2, 0.25) is 0 Å². The molecular formula is C22H20FN3O. The van der Waals surface area contributed by atoms with Gasteiger partial charge in [-0.25, -0.2) is 4.39 Å². The van der Waals surface area contributed by atoms with Crippen LogP contribution in [0.1, 0.15) is 51.5 Å². The highest BCUT2D eigenvalue weighted by atomic mass is 19.1. The van der Waals surface area contributed by atoms with E-state index in [1.165, 1.54) is 23.3 Å². The second-order valence-electron chi connectivity index (χ2n) is 7.42. The number of nitrogens with zero attached hydrogens (tertiary/aromatic N) is 1. The molecule has 0 bridgehead atoms. The molecule has 0 radical (unpaired) electrons. The number of pyridine rings is 1. The van der Waals surface area contributed by atoms with E-state index < -0.39 is 0 Å². The first-order chi connectivity index (χ1) is 13.2. The number of amides is 1. The molecular weight excluding hydrogens is 341 g/mol. The van der Waals surface area contributed by atoms with Gasteiger partial charge in [0.2, 0.25) is 0 Å². The minimum atomic E-state index is -0.358. The summed E-state index contributed by atoms with van der Waals surface area (Å²) >= 11 is 0. The number of fused-ring (bicyclic) bond motifs is 2. The van der Waals surface area contributed by atoms with Gasteiger partial charge in [0.15, 0.2) is 0 Å². The molecule has 136 valence electrons. The van der Waals surface area contributed by atoms with Crippen LogP contribution in [0.15, 0.2) is 42.5 Å². The summed E-state index contributed by atoms with van der Waals surface area (Å²) in [5.74, 6) is -0.118. The van der Waals surface area contributed by atoms with Gasteiger partial charge in [-0.1, -0.05) is 18.2 Å². The zero-order valence-electron chi connectivity index (χ0n) is 14.9. The van der Waals surface area contributed by atoms with Crippen LogP contribution in [0, 0.1) is 5.82 Å². The predicted octanol–water partition coefficient (Wildman–Crippen LogP) is 3.78. The maximum absolute atomic E-state index is 13.8. The third-order valence-corrected chi connectivity index (χ3v) is 5.39. The van der Waals surface area contributed by atoms with Gasteiger partial charge >= 0.3 is 0 Å². The first-order valence-corrected chi connectivity index (χ1v) is 9.37. The number of carbonyl (C=O) groups excluding carboxylic acids is 1. The van der Waals surface area contributed by atoms with Crippen LogP contribution in [0.3, 0.4) is 0 Å². The first kappa shape index (κ1) is 16.4. The summed E-state index contributed by atoms with van der Waals surface area (Å²) in [7, 11) is 0. The van der Waals surface area contributed by atoms with E-state index in [-0.39, 0.29) is 11.7 Å². The van der Waals surface area contributed by atoms with Gasteiger partial charge in [-0.3, -0.25) is 9.78 Å². The third-order valence-electron chi connectivity index (χ3n) is 5.39. The van der Waals surface area contributed by atoms with Crippen molar-refractivity contribution in [3.05, 3.63) is 76.2 Å². The Labute approximate surface area is 156 Å². The fourth-order valence-electron chi connectivity index (χ4n) is 3.73. The van der Waals surface area contributed by atoms with Gasteiger partial charge in [-0.15, -0.1) is 0 Å². The van der Waals surface area contributed by atoms with Crippen molar-refractivity contribution in [1.82, 2.24) is 15.6 Å². The highest BCUT2D eigenvalue weighted by Gasteiger charge is 2.27. The van der Waals surface area contributed by atoms with Crippen molar-refractivity contribution in [1.29, 1.82) is 0 Å². The van der Waals surface area contributed by atoms with Gasteiger partial charge in [0.05, 0.1) is 11.1 Å². The van der Waals surface area contributed by atoms with Crippen molar-refractivity contribution < 1.29 is 9.18 Å². The minimum Gasteiger partial charge on any atom is -0.348 e. The maximum atomic E-state index is 13.8. The lowest BCUT2D eigenvalue weighted by Crippen LogP contribution is -2.23. The highest BCUT2D eigenvalue weighted by Crippen LogP contribution is 2.40. The SMILES string of the molecule is O=C(NCc1ccc2c(c1)CNC2)c1cc(C2CC2)nc2ccc(F)cc12. The molecule has 5 rings (SSSR count). The van der Waals surface area contributed by atoms with Crippen LogP contribution < -0.4 is 10.6 Å². The molecule has 1 aliphatic heterocycles. The van der Waals surface area contributed by atoms with Gasteiger partial charge < -0.3 is 10.6 Å². The number of aromatic nitrogens is 1. The summed E-state index contributed by atoms with van der Waals surface area (Å²) < 4.78 is 13.8. The summed E-state index contributed by atoms with van der Waals surface area (Å²) in [5, 5.41) is 6.88. The standard InChI is InChI=1S/C22H20FN3O/c23-17-5-6-20-18(8-17)19(9-21(26-20)14-3-4-14)22(27)25-10-13-1-2-15-11-24-12-16(15)7-13/h1-2,5-9,14,24H,3-4,10-12H2,(H,25,27). The summed E-state index contributed by atoms with van der Waals surface area (Å²) in [5.41, 5.74) is 5.78. The van der Waals surface area contributed by atoms with Crippen molar-refractivity contribution in [3.8, 4) is 0 Å². The van der Waals surface area contributed by atoms with Crippen LogP contribution in [-0.2, 0) is 19.6 Å². The normalized spacial score (nSPS) is 15.7. The molecule has 5 heteroatoms. The zero-order chi connectivity index (χ0) is 18.4. The second kappa shape index (κ2) is 6.43. The predicted molar refractivity (Wildman–Crippen MR) is 102 cm³/mol. The molecule has 1 amide bonds. The van der Waals surface area contributed by atoms with Gasteiger partial charge in [-0.2, -0.15) is 0 Å². The summed E-state index contributed by atoms with van der Waals surface area (Å²) in [6.07, 6.45) is 2.20. The van der Waals surface area contributed by atoms with E-state index in [9.17, 15) is 9.18 Å². The fourth-order valence-corrected chi connectivity index (χ4v) is 3.73. The molecule has 1 aliphatic carbocycles. The lowest BCUT2D eigenvalue weighted by molar-refractivity contribution is 0.0952. The van der Waals surface area contributed by atoms with Crippen LogP contribution >= 0.6 is 0 Å². The topological polar surface area (TPSA) is 54.0 Å². The summed E-state index contributed by atoms with van der Waals surface area (Å²) in [4.78, 5) is 17.5. The molecule has 2 N–H and O–H groups in total. The van der Waals surface area contributed by atoms with Crippen molar-refractivity contribution in [3.63, 3.8) is 0 Å². The molecule has 0 spiro atoms. The van der Waals surface area contributed by atoms with E-state index in [4.69, 9.17) is 0 Å². The average molecular weight is 361 g/mol. The third kappa shape index (κ3) is 3.19. The number of halogens is 1. The molecule has 1 aromatic heterocycles. The van der Waals surface area contributed by atoms with E-state index in [2.05, 4.69) is 27.8 Å². The Balaban J connectivity index is 1.43. The van der Waals surface area contributed by atoms with Crippen molar-refractivity contribution in [2.45, 2.75) is 38.4 Å². The molecule has 4 nitrogen and oxygen atoms in total. The first-order valence-electron chi connectivity index (χ1n) is 9.37. The Morgan fingerprint density at radius 1 is 1.11 bits per heavy atom. The Morgan fingerprint density at radius 3 is 2.81 bits per heavy atom. The van der Waals surface area contributed by atoms with Gasteiger partial charge in [-0.05, 0) is 53.8 Å². The Bertz CT molecular complexity index is 1060. The Kier molecular flexibility index (Phi) is 3.90.